The zero-order valence-corrected chi connectivity index (χ0v) is 14.6. The Balaban J connectivity index is 2.63. The summed E-state index contributed by atoms with van der Waals surface area (Å²) in [4.78, 5) is 2.75. The number of piperazine rings is 1. The molecular weight excluding hydrogens is 252 g/mol. The van der Waals surface area contributed by atoms with Crippen molar-refractivity contribution < 1.29 is 0 Å². The Labute approximate surface area is 125 Å². The van der Waals surface area contributed by atoms with E-state index in [0.717, 1.165) is 18.5 Å². The summed E-state index contributed by atoms with van der Waals surface area (Å²) in [5.41, 5.74) is 0.358. The van der Waals surface area contributed by atoms with Crippen LogP contribution in [-0.2, 0) is 0 Å². The monoisotopic (exact) mass is 286 g/mol. The van der Waals surface area contributed by atoms with Crippen LogP contribution < -0.4 is 5.32 Å². The van der Waals surface area contributed by atoms with Gasteiger partial charge in [-0.2, -0.15) is 11.8 Å². The van der Waals surface area contributed by atoms with E-state index in [1.807, 2.05) is 0 Å². The molecule has 114 valence electrons. The Kier molecular flexibility index (Phi) is 7.20. The van der Waals surface area contributed by atoms with Crippen LogP contribution in [0.5, 0.6) is 0 Å². The standard InChI is InChI=1S/C16H34N2S/c1-7-13(3)14-11-17-15(16(4,5)6)12-18(14)9-10-19-8-2/h13-15,17H,7-12H2,1-6H3. The molecule has 0 saturated carbocycles. The zero-order chi connectivity index (χ0) is 14.5. The number of hydrogen-bond donors (Lipinski definition) is 1. The van der Waals surface area contributed by atoms with Crippen molar-refractivity contribution in [3.05, 3.63) is 0 Å². The van der Waals surface area contributed by atoms with E-state index in [4.69, 9.17) is 0 Å². The normalized spacial score (nSPS) is 27.5. The van der Waals surface area contributed by atoms with Crippen LogP contribution in [0.3, 0.4) is 0 Å². The van der Waals surface area contributed by atoms with E-state index in [1.165, 1.54) is 31.0 Å². The molecule has 0 amide bonds. The van der Waals surface area contributed by atoms with Crippen LogP contribution in [0.15, 0.2) is 0 Å². The highest BCUT2D eigenvalue weighted by molar-refractivity contribution is 7.99. The lowest BCUT2D eigenvalue weighted by atomic mass is 9.83. The predicted octanol–water partition coefficient (Wildman–Crippen LogP) is 3.47. The van der Waals surface area contributed by atoms with Crippen molar-refractivity contribution in [1.29, 1.82) is 0 Å². The van der Waals surface area contributed by atoms with Gasteiger partial charge in [-0.05, 0) is 17.1 Å². The predicted molar refractivity (Wildman–Crippen MR) is 89.1 cm³/mol. The van der Waals surface area contributed by atoms with Crippen LogP contribution in [0.4, 0.5) is 0 Å². The maximum atomic E-state index is 3.80. The first kappa shape index (κ1) is 17.3. The van der Waals surface area contributed by atoms with Crippen molar-refractivity contribution in [1.82, 2.24) is 10.2 Å². The molecule has 0 aromatic heterocycles. The fourth-order valence-electron chi connectivity index (χ4n) is 2.82. The van der Waals surface area contributed by atoms with Gasteiger partial charge >= 0.3 is 0 Å². The van der Waals surface area contributed by atoms with Gasteiger partial charge in [-0.1, -0.05) is 48.0 Å². The van der Waals surface area contributed by atoms with Gasteiger partial charge in [0.15, 0.2) is 0 Å². The first-order valence-electron chi connectivity index (χ1n) is 7.95. The molecule has 0 aromatic rings. The maximum Gasteiger partial charge on any atom is 0.0247 e. The van der Waals surface area contributed by atoms with Gasteiger partial charge in [-0.15, -0.1) is 0 Å². The lowest BCUT2D eigenvalue weighted by molar-refractivity contribution is 0.0636. The topological polar surface area (TPSA) is 15.3 Å². The van der Waals surface area contributed by atoms with Crippen molar-refractivity contribution in [2.75, 3.05) is 31.1 Å². The van der Waals surface area contributed by atoms with Gasteiger partial charge in [0.05, 0.1) is 0 Å². The summed E-state index contributed by atoms with van der Waals surface area (Å²) in [6, 6.07) is 1.35. The molecule has 0 radical (unpaired) electrons. The van der Waals surface area contributed by atoms with Gasteiger partial charge < -0.3 is 5.32 Å². The Hall–Kier alpha value is 0.270. The fourth-order valence-corrected chi connectivity index (χ4v) is 3.48. The van der Waals surface area contributed by atoms with Crippen molar-refractivity contribution in [3.63, 3.8) is 0 Å². The maximum absolute atomic E-state index is 3.80. The molecule has 0 spiro atoms. The van der Waals surface area contributed by atoms with Crippen LogP contribution >= 0.6 is 11.8 Å². The van der Waals surface area contributed by atoms with E-state index in [1.54, 1.807) is 0 Å². The highest BCUT2D eigenvalue weighted by Crippen LogP contribution is 2.26. The molecule has 19 heavy (non-hydrogen) atoms. The molecule has 1 fully saturated rings. The van der Waals surface area contributed by atoms with E-state index in [2.05, 4.69) is 63.5 Å². The minimum Gasteiger partial charge on any atom is -0.311 e. The lowest BCUT2D eigenvalue weighted by Gasteiger charge is -2.47. The molecule has 3 unspecified atom stereocenters. The third-order valence-corrected chi connectivity index (χ3v) is 5.41. The third-order valence-electron chi connectivity index (χ3n) is 4.53. The Morgan fingerprint density at radius 2 is 2.00 bits per heavy atom. The summed E-state index contributed by atoms with van der Waals surface area (Å²) >= 11 is 2.07. The fraction of sp³-hybridized carbons (Fsp3) is 1.00. The SMILES string of the molecule is CCSCCN1CC(C(C)(C)C)NCC1C(C)CC. The second-order valence-corrected chi connectivity index (χ2v) is 8.37. The summed E-state index contributed by atoms with van der Waals surface area (Å²) < 4.78 is 0. The van der Waals surface area contributed by atoms with Gasteiger partial charge in [0.2, 0.25) is 0 Å². The molecule has 1 heterocycles. The van der Waals surface area contributed by atoms with Crippen molar-refractivity contribution in [2.45, 2.75) is 60.0 Å². The third kappa shape index (κ3) is 5.28. The second kappa shape index (κ2) is 7.90. The van der Waals surface area contributed by atoms with Gasteiger partial charge in [-0.25, -0.2) is 0 Å². The van der Waals surface area contributed by atoms with Crippen LogP contribution in [0.25, 0.3) is 0 Å². The van der Waals surface area contributed by atoms with Crippen LogP contribution in [0.1, 0.15) is 48.0 Å². The first-order valence-corrected chi connectivity index (χ1v) is 9.10. The zero-order valence-electron chi connectivity index (χ0n) is 13.8. The largest absolute Gasteiger partial charge is 0.311 e. The number of nitrogens with zero attached hydrogens (tertiary/aromatic N) is 1. The van der Waals surface area contributed by atoms with E-state index in [-0.39, 0.29) is 0 Å². The summed E-state index contributed by atoms with van der Waals surface area (Å²) in [5.74, 6) is 3.31. The van der Waals surface area contributed by atoms with Gasteiger partial charge in [0, 0.05) is 37.5 Å². The van der Waals surface area contributed by atoms with Crippen LogP contribution in [0, 0.1) is 11.3 Å². The van der Waals surface area contributed by atoms with Crippen molar-refractivity contribution in [3.8, 4) is 0 Å². The quantitative estimate of drug-likeness (QED) is 0.753. The van der Waals surface area contributed by atoms with E-state index in [9.17, 15) is 0 Å². The summed E-state index contributed by atoms with van der Waals surface area (Å²) in [6.07, 6.45) is 1.28. The molecule has 3 heteroatoms. The van der Waals surface area contributed by atoms with Gasteiger partial charge in [0.25, 0.3) is 0 Å². The smallest absolute Gasteiger partial charge is 0.0247 e. The molecule has 1 N–H and O–H groups in total. The van der Waals surface area contributed by atoms with E-state index >= 15 is 0 Å². The molecule has 0 aliphatic carbocycles. The summed E-state index contributed by atoms with van der Waals surface area (Å²) in [5, 5.41) is 3.80. The number of thioether (sulfide) groups is 1. The molecule has 1 aliphatic heterocycles. The molecule has 1 aliphatic rings. The van der Waals surface area contributed by atoms with Crippen molar-refractivity contribution >= 4 is 11.8 Å². The van der Waals surface area contributed by atoms with Crippen LogP contribution in [-0.4, -0.2) is 48.1 Å². The van der Waals surface area contributed by atoms with E-state index < -0.39 is 0 Å². The Morgan fingerprint density at radius 3 is 2.53 bits per heavy atom. The van der Waals surface area contributed by atoms with Gasteiger partial charge in [-0.3, -0.25) is 4.90 Å². The number of hydrogen-bond acceptors (Lipinski definition) is 3. The average molecular weight is 287 g/mol. The summed E-state index contributed by atoms with van der Waals surface area (Å²) in [7, 11) is 0. The lowest BCUT2D eigenvalue weighted by Crippen LogP contribution is -2.62. The number of nitrogens with one attached hydrogen (secondary N) is 1. The Bertz CT molecular complexity index is 250. The molecule has 2 nitrogen and oxygen atoms in total. The van der Waals surface area contributed by atoms with Gasteiger partial charge in [0.1, 0.15) is 0 Å². The highest BCUT2D eigenvalue weighted by Gasteiger charge is 2.35. The second-order valence-electron chi connectivity index (χ2n) is 6.97. The van der Waals surface area contributed by atoms with E-state index in [0.29, 0.717) is 11.5 Å². The van der Waals surface area contributed by atoms with Crippen molar-refractivity contribution in [2.24, 2.45) is 11.3 Å². The first-order chi connectivity index (χ1) is 8.90. The molecular formula is C16H34N2S. The summed E-state index contributed by atoms with van der Waals surface area (Å²) in [6.45, 7) is 17.7. The van der Waals surface area contributed by atoms with Crippen LogP contribution in [0.2, 0.25) is 0 Å². The minimum absolute atomic E-state index is 0.358. The minimum atomic E-state index is 0.358. The molecule has 0 bridgehead atoms. The number of rotatable bonds is 6. The molecule has 1 rings (SSSR count). The molecule has 3 atom stereocenters. The average Bonchev–Trinajstić information content (AvgIpc) is 2.37. The molecule has 0 aromatic carbocycles. The highest BCUT2D eigenvalue weighted by atomic mass is 32.2. The Morgan fingerprint density at radius 1 is 1.32 bits per heavy atom. The molecule has 1 saturated heterocycles.